The van der Waals surface area contributed by atoms with Gasteiger partial charge in [-0.15, -0.1) is 11.3 Å². The number of nitrogens with two attached hydrogens (primary N) is 1. The zero-order chi connectivity index (χ0) is 18.7. The number of amides is 2. The molecule has 0 spiro atoms. The number of carbonyl (C=O) groups is 2. The standard InChI is InChI=1S/C18H21N3O4S/c1-10-16(26-11(2)20-10)18(23)21-14-7-8-24-9-15(14)25-13-5-3-12(4-6-13)17(19)22/h3-6,14-15H,7-9H2,1-2H3,(H2,19,22)(H,21,23)/t14-,15-/m1/s1. The Bertz CT molecular complexity index is 803. The van der Waals surface area contributed by atoms with E-state index in [4.69, 9.17) is 15.2 Å². The number of aromatic nitrogens is 1. The van der Waals surface area contributed by atoms with Crippen molar-refractivity contribution < 1.29 is 19.1 Å². The van der Waals surface area contributed by atoms with E-state index in [1.54, 1.807) is 24.3 Å². The molecule has 0 radical (unpaired) electrons. The highest BCUT2D eigenvalue weighted by Gasteiger charge is 2.30. The van der Waals surface area contributed by atoms with Gasteiger partial charge < -0.3 is 20.5 Å². The predicted octanol–water partition coefficient (Wildman–Crippen LogP) is 1.83. The average Bonchev–Trinajstić information content (AvgIpc) is 2.95. The Morgan fingerprint density at radius 3 is 2.65 bits per heavy atom. The van der Waals surface area contributed by atoms with Crippen molar-refractivity contribution in [3.63, 3.8) is 0 Å². The average molecular weight is 375 g/mol. The molecule has 1 aromatic carbocycles. The predicted molar refractivity (Wildman–Crippen MR) is 97.7 cm³/mol. The van der Waals surface area contributed by atoms with Gasteiger partial charge in [-0.1, -0.05) is 0 Å². The number of aryl methyl sites for hydroxylation is 2. The number of nitrogens with zero attached hydrogens (tertiary/aromatic N) is 1. The number of nitrogens with one attached hydrogen (secondary N) is 1. The zero-order valence-electron chi connectivity index (χ0n) is 14.7. The number of hydrogen-bond donors (Lipinski definition) is 2. The van der Waals surface area contributed by atoms with E-state index in [0.717, 1.165) is 10.7 Å². The second-order valence-corrected chi connectivity index (χ2v) is 7.34. The lowest BCUT2D eigenvalue weighted by molar-refractivity contribution is -0.0134. The first kappa shape index (κ1) is 18.3. The van der Waals surface area contributed by atoms with Crippen LogP contribution in [0.3, 0.4) is 0 Å². The molecule has 3 rings (SSSR count). The molecule has 138 valence electrons. The zero-order valence-corrected chi connectivity index (χ0v) is 15.5. The van der Waals surface area contributed by atoms with E-state index in [2.05, 4.69) is 10.3 Å². The molecular weight excluding hydrogens is 354 g/mol. The number of rotatable bonds is 5. The third kappa shape index (κ3) is 4.20. The van der Waals surface area contributed by atoms with Crippen LogP contribution >= 0.6 is 11.3 Å². The fourth-order valence-corrected chi connectivity index (χ4v) is 3.66. The molecule has 1 saturated heterocycles. The van der Waals surface area contributed by atoms with Crippen molar-refractivity contribution in [1.29, 1.82) is 0 Å². The summed E-state index contributed by atoms with van der Waals surface area (Å²) in [6.07, 6.45) is 0.341. The maximum atomic E-state index is 12.6. The number of benzene rings is 1. The summed E-state index contributed by atoms with van der Waals surface area (Å²) in [6, 6.07) is 6.42. The summed E-state index contributed by atoms with van der Waals surface area (Å²) in [5.41, 5.74) is 6.39. The lowest BCUT2D eigenvalue weighted by Crippen LogP contribution is -2.51. The van der Waals surface area contributed by atoms with Gasteiger partial charge in [0.25, 0.3) is 5.91 Å². The van der Waals surface area contributed by atoms with Crippen LogP contribution in [0.4, 0.5) is 0 Å². The van der Waals surface area contributed by atoms with Crippen LogP contribution in [-0.4, -0.2) is 42.2 Å². The largest absolute Gasteiger partial charge is 0.486 e. The van der Waals surface area contributed by atoms with Gasteiger partial charge in [0, 0.05) is 12.2 Å². The van der Waals surface area contributed by atoms with Crippen molar-refractivity contribution in [3.05, 3.63) is 45.4 Å². The molecule has 1 aliphatic rings. The van der Waals surface area contributed by atoms with Crippen LogP contribution in [0.5, 0.6) is 5.75 Å². The minimum atomic E-state index is -0.488. The quantitative estimate of drug-likeness (QED) is 0.830. The Kier molecular flexibility index (Phi) is 5.53. The summed E-state index contributed by atoms with van der Waals surface area (Å²) < 4.78 is 11.5. The van der Waals surface area contributed by atoms with E-state index >= 15 is 0 Å². The third-order valence-electron chi connectivity index (χ3n) is 4.16. The molecule has 3 N–H and O–H groups in total. The molecule has 7 nitrogen and oxygen atoms in total. The second-order valence-electron chi connectivity index (χ2n) is 6.14. The SMILES string of the molecule is Cc1nc(C)c(C(=O)N[C@@H]2CCOC[C@H]2Oc2ccc(C(N)=O)cc2)s1. The van der Waals surface area contributed by atoms with Gasteiger partial charge in [-0.05, 0) is 44.5 Å². The summed E-state index contributed by atoms with van der Waals surface area (Å²) in [7, 11) is 0. The fraction of sp³-hybridized carbons (Fsp3) is 0.389. The highest BCUT2D eigenvalue weighted by molar-refractivity contribution is 7.13. The smallest absolute Gasteiger partial charge is 0.263 e. The third-order valence-corrected chi connectivity index (χ3v) is 5.23. The minimum Gasteiger partial charge on any atom is -0.486 e. The molecule has 1 aromatic heterocycles. The van der Waals surface area contributed by atoms with Gasteiger partial charge in [-0.3, -0.25) is 9.59 Å². The normalized spacial score (nSPS) is 19.8. The van der Waals surface area contributed by atoms with Gasteiger partial charge >= 0.3 is 0 Å². The Labute approximate surface area is 155 Å². The monoisotopic (exact) mass is 375 g/mol. The van der Waals surface area contributed by atoms with Gasteiger partial charge in [0.05, 0.1) is 23.4 Å². The van der Waals surface area contributed by atoms with Crippen LogP contribution in [0.1, 0.15) is 37.2 Å². The summed E-state index contributed by atoms with van der Waals surface area (Å²) in [5, 5.41) is 3.90. The number of ether oxygens (including phenoxy) is 2. The fourth-order valence-electron chi connectivity index (χ4n) is 2.84. The Morgan fingerprint density at radius 2 is 2.04 bits per heavy atom. The van der Waals surface area contributed by atoms with E-state index in [0.29, 0.717) is 35.8 Å². The molecule has 2 amide bonds. The number of carbonyl (C=O) groups excluding carboxylic acids is 2. The van der Waals surface area contributed by atoms with Crippen molar-refractivity contribution in [3.8, 4) is 5.75 Å². The van der Waals surface area contributed by atoms with E-state index < -0.39 is 5.91 Å². The van der Waals surface area contributed by atoms with Crippen molar-refractivity contribution >= 4 is 23.2 Å². The number of thiazole rings is 1. The van der Waals surface area contributed by atoms with E-state index in [9.17, 15) is 9.59 Å². The van der Waals surface area contributed by atoms with Crippen LogP contribution < -0.4 is 15.8 Å². The minimum absolute atomic E-state index is 0.141. The first-order chi connectivity index (χ1) is 12.4. The molecule has 0 saturated carbocycles. The van der Waals surface area contributed by atoms with Crippen molar-refractivity contribution in [2.75, 3.05) is 13.2 Å². The molecule has 0 unspecified atom stereocenters. The summed E-state index contributed by atoms with van der Waals surface area (Å²) in [6.45, 7) is 4.65. The first-order valence-electron chi connectivity index (χ1n) is 8.33. The maximum absolute atomic E-state index is 12.6. The topological polar surface area (TPSA) is 104 Å². The van der Waals surface area contributed by atoms with E-state index in [-0.39, 0.29) is 18.1 Å². The molecule has 1 aliphatic heterocycles. The molecule has 26 heavy (non-hydrogen) atoms. The Hall–Kier alpha value is -2.45. The van der Waals surface area contributed by atoms with Crippen LogP contribution in [0.15, 0.2) is 24.3 Å². The summed E-state index contributed by atoms with van der Waals surface area (Å²) in [5.74, 6) is -0.0369. The first-order valence-corrected chi connectivity index (χ1v) is 9.15. The van der Waals surface area contributed by atoms with E-state index in [1.165, 1.54) is 11.3 Å². The second kappa shape index (κ2) is 7.84. The van der Waals surface area contributed by atoms with Crippen LogP contribution in [0, 0.1) is 13.8 Å². The number of hydrogen-bond acceptors (Lipinski definition) is 6. The highest BCUT2D eigenvalue weighted by Crippen LogP contribution is 2.21. The molecule has 8 heteroatoms. The lowest BCUT2D eigenvalue weighted by Gasteiger charge is -2.32. The van der Waals surface area contributed by atoms with Gasteiger partial charge in [-0.25, -0.2) is 4.98 Å². The molecule has 2 atom stereocenters. The van der Waals surface area contributed by atoms with Gasteiger partial charge in [0.1, 0.15) is 16.7 Å². The van der Waals surface area contributed by atoms with Gasteiger partial charge in [-0.2, -0.15) is 0 Å². The molecule has 1 fully saturated rings. The van der Waals surface area contributed by atoms with Crippen LogP contribution in [-0.2, 0) is 4.74 Å². The Morgan fingerprint density at radius 1 is 1.31 bits per heavy atom. The summed E-state index contributed by atoms with van der Waals surface area (Å²) in [4.78, 5) is 28.6. The molecule has 2 aromatic rings. The summed E-state index contributed by atoms with van der Waals surface area (Å²) >= 11 is 1.38. The van der Waals surface area contributed by atoms with E-state index in [1.807, 2.05) is 13.8 Å². The van der Waals surface area contributed by atoms with Crippen molar-refractivity contribution in [2.45, 2.75) is 32.4 Å². The van der Waals surface area contributed by atoms with Gasteiger partial charge in [0.2, 0.25) is 5.91 Å². The molecular formula is C18H21N3O4S. The van der Waals surface area contributed by atoms with Crippen molar-refractivity contribution in [1.82, 2.24) is 10.3 Å². The maximum Gasteiger partial charge on any atom is 0.263 e. The molecule has 0 aliphatic carbocycles. The van der Waals surface area contributed by atoms with Crippen molar-refractivity contribution in [2.24, 2.45) is 5.73 Å². The van der Waals surface area contributed by atoms with Crippen LogP contribution in [0.2, 0.25) is 0 Å². The molecule has 0 bridgehead atoms. The van der Waals surface area contributed by atoms with Crippen LogP contribution in [0.25, 0.3) is 0 Å². The number of primary amides is 1. The molecule has 2 heterocycles. The lowest BCUT2D eigenvalue weighted by atomic mass is 10.1. The highest BCUT2D eigenvalue weighted by atomic mass is 32.1. The van der Waals surface area contributed by atoms with Gasteiger partial charge in [0.15, 0.2) is 0 Å². The Balaban J connectivity index is 1.68.